The normalized spacial score (nSPS) is 22.9. The summed E-state index contributed by atoms with van der Waals surface area (Å²) < 4.78 is 24.2. The molecule has 0 unspecified atom stereocenters. The number of fused-ring (bicyclic) bond motifs is 1. The van der Waals surface area contributed by atoms with Crippen molar-refractivity contribution in [3.8, 4) is 5.75 Å². The molecule has 31 heavy (non-hydrogen) atoms. The Morgan fingerprint density at radius 3 is 2.55 bits per heavy atom. The van der Waals surface area contributed by atoms with Crippen LogP contribution in [0.15, 0.2) is 42.5 Å². The lowest BCUT2D eigenvalue weighted by Crippen LogP contribution is -2.29. The Balaban J connectivity index is 0.00000171. The predicted octanol–water partition coefficient (Wildman–Crippen LogP) is 4.20. The van der Waals surface area contributed by atoms with E-state index in [0.717, 1.165) is 36.5 Å². The highest BCUT2D eigenvalue weighted by Crippen LogP contribution is 2.44. The molecule has 4 rings (SSSR count). The first-order valence-electron chi connectivity index (χ1n) is 9.93. The second-order valence-electron chi connectivity index (χ2n) is 8.08. The van der Waals surface area contributed by atoms with Crippen LogP contribution in [-0.2, 0) is 11.3 Å². The maximum Gasteiger partial charge on any atom is 0.337 e. The summed E-state index contributed by atoms with van der Waals surface area (Å²) in [6, 6.07) is 12.6. The van der Waals surface area contributed by atoms with Crippen LogP contribution in [0.4, 0.5) is 4.39 Å². The highest BCUT2D eigenvalue weighted by molar-refractivity contribution is 5.89. The standard InChI is InChI=1S/C23H27FN2O3.2ClH/c1-25-11-18-13-26(14-20(18)22(25)15-5-4-6-19(24)10-15)12-17-9-16(23(27)29-3)7-8-21(17)28-2;;/h4-10,18,20,22H,11-14H2,1-3H3;2*1H/t18-,20+,22-;;/m0../s1. The van der Waals surface area contributed by atoms with Crippen LogP contribution < -0.4 is 4.74 Å². The molecule has 8 heteroatoms. The minimum atomic E-state index is -0.347. The number of benzene rings is 2. The van der Waals surface area contributed by atoms with E-state index >= 15 is 0 Å². The summed E-state index contributed by atoms with van der Waals surface area (Å²) in [5, 5.41) is 0. The quantitative estimate of drug-likeness (QED) is 0.612. The minimum Gasteiger partial charge on any atom is -0.496 e. The molecule has 170 valence electrons. The van der Waals surface area contributed by atoms with Crippen molar-refractivity contribution in [3.63, 3.8) is 0 Å². The van der Waals surface area contributed by atoms with Crippen LogP contribution in [0.2, 0.25) is 0 Å². The molecule has 0 spiro atoms. The smallest absolute Gasteiger partial charge is 0.337 e. The summed E-state index contributed by atoms with van der Waals surface area (Å²) >= 11 is 0. The lowest BCUT2D eigenvalue weighted by molar-refractivity contribution is 0.0600. The number of carbonyl (C=O) groups is 1. The highest BCUT2D eigenvalue weighted by atomic mass is 35.5. The second kappa shape index (κ2) is 10.6. The SMILES string of the molecule is COC(=O)c1ccc(OC)c(CN2C[C@@H]3CN(C)[C@@H](c4cccc(F)c4)[C@@H]3C2)c1.Cl.Cl. The highest BCUT2D eigenvalue weighted by Gasteiger charge is 2.46. The zero-order valence-electron chi connectivity index (χ0n) is 17.9. The first-order valence-corrected chi connectivity index (χ1v) is 9.93. The molecule has 0 aliphatic carbocycles. The molecule has 0 radical (unpaired) electrons. The van der Waals surface area contributed by atoms with Gasteiger partial charge in [-0.05, 0) is 54.8 Å². The fourth-order valence-corrected chi connectivity index (χ4v) is 5.06. The van der Waals surface area contributed by atoms with Crippen molar-refractivity contribution in [3.05, 3.63) is 65.0 Å². The van der Waals surface area contributed by atoms with Crippen LogP contribution in [0.1, 0.15) is 27.5 Å². The Morgan fingerprint density at radius 2 is 1.87 bits per heavy atom. The zero-order chi connectivity index (χ0) is 20.5. The van der Waals surface area contributed by atoms with E-state index in [0.29, 0.717) is 23.9 Å². The molecule has 2 aromatic rings. The van der Waals surface area contributed by atoms with Crippen molar-refractivity contribution < 1.29 is 18.7 Å². The average molecular weight is 471 g/mol. The monoisotopic (exact) mass is 470 g/mol. The van der Waals surface area contributed by atoms with E-state index in [1.54, 1.807) is 25.3 Å². The van der Waals surface area contributed by atoms with Crippen LogP contribution in [0.5, 0.6) is 5.75 Å². The molecule has 2 aliphatic rings. The van der Waals surface area contributed by atoms with E-state index in [2.05, 4.69) is 16.8 Å². The van der Waals surface area contributed by atoms with Gasteiger partial charge in [-0.2, -0.15) is 0 Å². The van der Waals surface area contributed by atoms with E-state index in [1.807, 2.05) is 18.2 Å². The van der Waals surface area contributed by atoms with Gasteiger partial charge in [-0.15, -0.1) is 24.8 Å². The molecule has 3 atom stereocenters. The molecule has 5 nitrogen and oxygen atoms in total. The molecule has 2 heterocycles. The molecule has 2 saturated heterocycles. The number of hydrogen-bond donors (Lipinski definition) is 0. The second-order valence-corrected chi connectivity index (χ2v) is 8.08. The lowest BCUT2D eigenvalue weighted by atomic mass is 9.89. The first kappa shape index (κ1) is 25.4. The van der Waals surface area contributed by atoms with E-state index in [1.165, 1.54) is 13.2 Å². The summed E-state index contributed by atoms with van der Waals surface area (Å²) in [5.41, 5.74) is 2.55. The number of hydrogen-bond acceptors (Lipinski definition) is 5. The summed E-state index contributed by atoms with van der Waals surface area (Å²) in [4.78, 5) is 16.7. The fourth-order valence-electron chi connectivity index (χ4n) is 5.06. The Bertz CT molecular complexity index is 914. The van der Waals surface area contributed by atoms with E-state index in [-0.39, 0.29) is 42.6 Å². The van der Waals surface area contributed by atoms with Crippen molar-refractivity contribution in [2.75, 3.05) is 40.9 Å². The van der Waals surface area contributed by atoms with Gasteiger partial charge in [0.1, 0.15) is 11.6 Å². The largest absolute Gasteiger partial charge is 0.496 e. The van der Waals surface area contributed by atoms with Gasteiger partial charge in [-0.1, -0.05) is 12.1 Å². The number of ether oxygens (including phenoxy) is 2. The number of methoxy groups -OCH3 is 2. The van der Waals surface area contributed by atoms with Crippen molar-refractivity contribution in [1.29, 1.82) is 0 Å². The Hall–Kier alpha value is -1.86. The van der Waals surface area contributed by atoms with Crippen molar-refractivity contribution in [2.45, 2.75) is 12.6 Å². The molecule has 2 fully saturated rings. The Labute approximate surface area is 195 Å². The molecule has 0 N–H and O–H groups in total. The molecular weight excluding hydrogens is 442 g/mol. The summed E-state index contributed by atoms with van der Waals surface area (Å²) in [6.45, 7) is 3.62. The molecule has 0 aromatic heterocycles. The summed E-state index contributed by atoms with van der Waals surface area (Å²) in [7, 11) is 5.16. The van der Waals surface area contributed by atoms with Gasteiger partial charge in [0.05, 0.1) is 19.8 Å². The van der Waals surface area contributed by atoms with Gasteiger partial charge in [0.2, 0.25) is 0 Å². The molecule has 0 bridgehead atoms. The minimum absolute atomic E-state index is 0. The van der Waals surface area contributed by atoms with Gasteiger partial charge >= 0.3 is 5.97 Å². The van der Waals surface area contributed by atoms with E-state index in [9.17, 15) is 9.18 Å². The topological polar surface area (TPSA) is 42.0 Å². The van der Waals surface area contributed by atoms with Gasteiger partial charge in [0, 0.05) is 37.8 Å². The third kappa shape index (κ3) is 5.14. The van der Waals surface area contributed by atoms with Gasteiger partial charge in [0.15, 0.2) is 0 Å². The van der Waals surface area contributed by atoms with Crippen molar-refractivity contribution >= 4 is 30.8 Å². The van der Waals surface area contributed by atoms with Gasteiger partial charge in [-0.3, -0.25) is 9.80 Å². The van der Waals surface area contributed by atoms with E-state index in [4.69, 9.17) is 9.47 Å². The van der Waals surface area contributed by atoms with Gasteiger partial charge < -0.3 is 9.47 Å². The number of esters is 1. The average Bonchev–Trinajstić information content (AvgIpc) is 3.22. The number of likely N-dealkylation sites (tertiary alicyclic amines) is 2. The van der Waals surface area contributed by atoms with E-state index < -0.39 is 0 Å². The molecule has 0 amide bonds. The maximum absolute atomic E-state index is 13.8. The molecular formula is C23H29Cl2FN2O3. The third-order valence-corrected chi connectivity index (χ3v) is 6.26. The number of rotatable bonds is 5. The number of halogens is 3. The number of nitrogens with zero attached hydrogens (tertiary/aromatic N) is 2. The number of carbonyl (C=O) groups excluding carboxylic acids is 1. The van der Waals surface area contributed by atoms with Gasteiger partial charge in [-0.25, -0.2) is 9.18 Å². The summed E-state index contributed by atoms with van der Waals surface area (Å²) in [5.74, 6) is 1.24. The molecule has 2 aliphatic heterocycles. The Morgan fingerprint density at radius 1 is 1.10 bits per heavy atom. The molecule has 0 saturated carbocycles. The third-order valence-electron chi connectivity index (χ3n) is 6.26. The summed E-state index contributed by atoms with van der Waals surface area (Å²) in [6.07, 6.45) is 0. The van der Waals surface area contributed by atoms with Crippen LogP contribution in [0, 0.1) is 17.7 Å². The van der Waals surface area contributed by atoms with Crippen molar-refractivity contribution in [2.24, 2.45) is 11.8 Å². The van der Waals surface area contributed by atoms with Crippen LogP contribution in [0.25, 0.3) is 0 Å². The van der Waals surface area contributed by atoms with Crippen LogP contribution in [0.3, 0.4) is 0 Å². The fraction of sp³-hybridized carbons (Fsp3) is 0.435. The van der Waals surface area contributed by atoms with Crippen LogP contribution in [-0.4, -0.2) is 56.7 Å². The van der Waals surface area contributed by atoms with Gasteiger partial charge in [0.25, 0.3) is 0 Å². The molecule has 2 aromatic carbocycles. The lowest BCUT2D eigenvalue weighted by Gasteiger charge is -2.27. The zero-order valence-corrected chi connectivity index (χ0v) is 19.5. The van der Waals surface area contributed by atoms with Crippen molar-refractivity contribution in [1.82, 2.24) is 9.80 Å². The first-order chi connectivity index (χ1) is 14.0. The van der Waals surface area contributed by atoms with Crippen LogP contribution >= 0.6 is 24.8 Å². The predicted molar refractivity (Wildman–Crippen MR) is 123 cm³/mol. The maximum atomic E-state index is 13.8. The Kier molecular flexibility index (Phi) is 8.72.